The number of nitrogens with one attached hydrogen (secondary N) is 2. The summed E-state index contributed by atoms with van der Waals surface area (Å²) < 4.78 is 40.4. The number of rotatable bonds is 12. The molecule has 0 saturated carbocycles. The summed E-state index contributed by atoms with van der Waals surface area (Å²) in [6, 6.07) is 0. The standard InChI is InChI=1S/C16H32F3N3O2/c1-4-20-15(21-7-5-9-24-12-16(17,18)19)22-11-14(6-8-23)10-13(2)3/h13-14,23H,4-12H2,1-3H3,(H2,20,21,22). The van der Waals surface area contributed by atoms with E-state index >= 15 is 0 Å². The van der Waals surface area contributed by atoms with Crippen molar-refractivity contribution >= 4 is 5.96 Å². The molecule has 0 amide bonds. The third-order valence-electron chi connectivity index (χ3n) is 3.22. The highest BCUT2D eigenvalue weighted by molar-refractivity contribution is 5.79. The monoisotopic (exact) mass is 355 g/mol. The first-order chi connectivity index (χ1) is 11.3. The lowest BCUT2D eigenvalue weighted by molar-refractivity contribution is -0.173. The van der Waals surface area contributed by atoms with Crippen molar-refractivity contribution in [1.82, 2.24) is 10.6 Å². The van der Waals surface area contributed by atoms with Crippen LogP contribution in [0.15, 0.2) is 4.99 Å². The van der Waals surface area contributed by atoms with E-state index in [0.29, 0.717) is 50.3 Å². The Morgan fingerprint density at radius 2 is 1.96 bits per heavy atom. The van der Waals surface area contributed by atoms with Crippen molar-refractivity contribution < 1.29 is 23.0 Å². The molecule has 0 aromatic carbocycles. The Kier molecular flexibility index (Phi) is 12.7. The number of nitrogens with zero attached hydrogens (tertiary/aromatic N) is 1. The van der Waals surface area contributed by atoms with Gasteiger partial charge in [-0.25, -0.2) is 0 Å². The van der Waals surface area contributed by atoms with E-state index in [2.05, 4.69) is 34.2 Å². The molecule has 3 N–H and O–H groups in total. The molecule has 0 spiro atoms. The first-order valence-corrected chi connectivity index (χ1v) is 8.56. The normalized spacial score (nSPS) is 14.1. The van der Waals surface area contributed by atoms with Crippen molar-refractivity contribution in [3.63, 3.8) is 0 Å². The largest absolute Gasteiger partial charge is 0.411 e. The third kappa shape index (κ3) is 14.6. The summed E-state index contributed by atoms with van der Waals surface area (Å²) in [5.41, 5.74) is 0. The fraction of sp³-hybridized carbons (Fsp3) is 0.938. The molecule has 0 fully saturated rings. The van der Waals surface area contributed by atoms with Crippen LogP contribution in [0.25, 0.3) is 0 Å². The summed E-state index contributed by atoms with van der Waals surface area (Å²) in [5, 5.41) is 15.3. The Labute approximate surface area is 143 Å². The molecule has 0 saturated heterocycles. The number of aliphatic imine (C=N–C) groups is 1. The first-order valence-electron chi connectivity index (χ1n) is 8.56. The van der Waals surface area contributed by atoms with Gasteiger partial charge >= 0.3 is 6.18 Å². The van der Waals surface area contributed by atoms with Crippen molar-refractivity contribution in [2.45, 2.75) is 46.2 Å². The van der Waals surface area contributed by atoms with E-state index in [1.54, 1.807) is 0 Å². The van der Waals surface area contributed by atoms with Crippen molar-refractivity contribution in [3.8, 4) is 0 Å². The van der Waals surface area contributed by atoms with Crippen molar-refractivity contribution in [1.29, 1.82) is 0 Å². The quantitative estimate of drug-likeness (QED) is 0.286. The Balaban J connectivity index is 4.16. The van der Waals surface area contributed by atoms with Crippen LogP contribution in [-0.4, -0.2) is 56.7 Å². The van der Waals surface area contributed by atoms with E-state index < -0.39 is 12.8 Å². The lowest BCUT2D eigenvalue weighted by Crippen LogP contribution is -2.38. The molecule has 0 aromatic heterocycles. The fourth-order valence-electron chi connectivity index (χ4n) is 2.26. The Morgan fingerprint density at radius 1 is 1.25 bits per heavy atom. The van der Waals surface area contributed by atoms with Gasteiger partial charge in [-0.2, -0.15) is 13.2 Å². The maximum absolute atomic E-state index is 11.9. The highest BCUT2D eigenvalue weighted by Gasteiger charge is 2.27. The van der Waals surface area contributed by atoms with E-state index in [0.717, 1.165) is 6.42 Å². The van der Waals surface area contributed by atoms with Crippen LogP contribution in [0.5, 0.6) is 0 Å². The summed E-state index contributed by atoms with van der Waals surface area (Å²) in [6.07, 6.45) is -2.10. The fourth-order valence-corrected chi connectivity index (χ4v) is 2.26. The van der Waals surface area contributed by atoms with Gasteiger partial charge in [0.05, 0.1) is 0 Å². The second kappa shape index (κ2) is 13.3. The minimum Gasteiger partial charge on any atom is -0.396 e. The smallest absolute Gasteiger partial charge is 0.396 e. The first kappa shape index (κ1) is 23.0. The van der Waals surface area contributed by atoms with Crippen LogP contribution < -0.4 is 10.6 Å². The molecular weight excluding hydrogens is 323 g/mol. The van der Waals surface area contributed by atoms with Crippen molar-refractivity contribution in [3.05, 3.63) is 0 Å². The van der Waals surface area contributed by atoms with Crippen molar-refractivity contribution in [2.24, 2.45) is 16.8 Å². The molecule has 1 unspecified atom stereocenters. The van der Waals surface area contributed by atoms with E-state index in [1.807, 2.05) is 6.92 Å². The third-order valence-corrected chi connectivity index (χ3v) is 3.22. The predicted molar refractivity (Wildman–Crippen MR) is 90.1 cm³/mol. The number of ether oxygens (including phenoxy) is 1. The van der Waals surface area contributed by atoms with Gasteiger partial charge in [0.1, 0.15) is 6.61 Å². The molecular formula is C16H32F3N3O2. The molecule has 0 radical (unpaired) electrons. The average Bonchev–Trinajstić information content (AvgIpc) is 2.46. The van der Waals surface area contributed by atoms with Crippen LogP contribution in [0.3, 0.4) is 0 Å². The molecule has 0 aliphatic heterocycles. The van der Waals surface area contributed by atoms with Crippen LogP contribution in [0, 0.1) is 11.8 Å². The van der Waals surface area contributed by atoms with E-state index in [-0.39, 0.29) is 13.2 Å². The average molecular weight is 355 g/mol. The lowest BCUT2D eigenvalue weighted by Gasteiger charge is -2.17. The number of hydrogen-bond acceptors (Lipinski definition) is 3. The molecule has 1 atom stereocenters. The minimum atomic E-state index is -4.28. The van der Waals surface area contributed by atoms with Crippen LogP contribution in [0.1, 0.15) is 40.0 Å². The zero-order valence-corrected chi connectivity index (χ0v) is 15.0. The van der Waals surface area contributed by atoms with Crippen LogP contribution in [-0.2, 0) is 4.74 Å². The molecule has 5 nitrogen and oxygen atoms in total. The van der Waals surface area contributed by atoms with Gasteiger partial charge in [-0.1, -0.05) is 13.8 Å². The summed E-state index contributed by atoms with van der Waals surface area (Å²) in [7, 11) is 0. The number of guanidine groups is 1. The summed E-state index contributed by atoms with van der Waals surface area (Å²) in [6.45, 7) is 7.00. The van der Waals surface area contributed by atoms with Gasteiger partial charge in [-0.3, -0.25) is 4.99 Å². The van der Waals surface area contributed by atoms with E-state index in [1.165, 1.54) is 0 Å². The molecule has 0 aliphatic rings. The molecule has 0 bridgehead atoms. The zero-order valence-electron chi connectivity index (χ0n) is 15.0. The summed E-state index contributed by atoms with van der Waals surface area (Å²) in [5.74, 6) is 1.50. The molecule has 8 heteroatoms. The Morgan fingerprint density at radius 3 is 2.50 bits per heavy atom. The molecule has 0 aromatic rings. The summed E-state index contributed by atoms with van der Waals surface area (Å²) >= 11 is 0. The van der Waals surface area contributed by atoms with E-state index in [9.17, 15) is 13.2 Å². The zero-order chi connectivity index (χ0) is 18.4. The van der Waals surface area contributed by atoms with Gasteiger partial charge in [0.25, 0.3) is 0 Å². The van der Waals surface area contributed by atoms with E-state index in [4.69, 9.17) is 5.11 Å². The molecule has 144 valence electrons. The van der Waals surface area contributed by atoms with Crippen molar-refractivity contribution in [2.75, 3.05) is 39.5 Å². The molecule has 0 rings (SSSR count). The highest BCUT2D eigenvalue weighted by Crippen LogP contribution is 2.15. The Bertz CT molecular complexity index is 337. The van der Waals surface area contributed by atoms with Gasteiger partial charge in [0, 0.05) is 32.8 Å². The molecule has 0 aliphatic carbocycles. The number of alkyl halides is 3. The van der Waals surface area contributed by atoms with Gasteiger partial charge < -0.3 is 20.5 Å². The SMILES string of the molecule is CCNC(=NCC(CCO)CC(C)C)NCCCOCC(F)(F)F. The number of halogens is 3. The maximum atomic E-state index is 11.9. The van der Waals surface area contributed by atoms with Gasteiger partial charge in [-0.05, 0) is 38.0 Å². The second-order valence-corrected chi connectivity index (χ2v) is 6.18. The van der Waals surface area contributed by atoms with Crippen LogP contribution in [0.4, 0.5) is 13.2 Å². The topological polar surface area (TPSA) is 65.9 Å². The lowest BCUT2D eigenvalue weighted by atomic mass is 9.94. The van der Waals surface area contributed by atoms with Gasteiger partial charge in [0.15, 0.2) is 5.96 Å². The highest BCUT2D eigenvalue weighted by atomic mass is 19.4. The number of aliphatic hydroxyl groups is 1. The predicted octanol–water partition coefficient (Wildman–Crippen LogP) is 2.56. The number of hydrogen-bond donors (Lipinski definition) is 3. The van der Waals surface area contributed by atoms with Crippen LogP contribution >= 0.6 is 0 Å². The second-order valence-electron chi connectivity index (χ2n) is 6.18. The Hall–Kier alpha value is -1.02. The van der Waals surface area contributed by atoms with Gasteiger partial charge in [0.2, 0.25) is 0 Å². The number of aliphatic hydroxyl groups excluding tert-OH is 1. The van der Waals surface area contributed by atoms with Gasteiger partial charge in [-0.15, -0.1) is 0 Å². The molecule has 24 heavy (non-hydrogen) atoms. The summed E-state index contributed by atoms with van der Waals surface area (Å²) in [4.78, 5) is 4.51. The molecule has 0 heterocycles. The maximum Gasteiger partial charge on any atom is 0.411 e. The van der Waals surface area contributed by atoms with Crippen LogP contribution in [0.2, 0.25) is 0 Å². The minimum absolute atomic E-state index is 0.0480.